The van der Waals surface area contributed by atoms with Gasteiger partial charge in [0, 0.05) is 12.0 Å². The third kappa shape index (κ3) is 5.11. The zero-order valence-corrected chi connectivity index (χ0v) is 10.5. The fourth-order valence-electron chi connectivity index (χ4n) is 1.56. The fourth-order valence-corrected chi connectivity index (χ4v) is 1.56. The average Bonchev–Trinajstić information content (AvgIpc) is 2.34. The minimum absolute atomic E-state index is 0.0107. The van der Waals surface area contributed by atoms with Gasteiger partial charge in [0.2, 0.25) is 0 Å². The first-order valence-electron chi connectivity index (χ1n) is 5.96. The van der Waals surface area contributed by atoms with Crippen LogP contribution in [-0.4, -0.2) is 30.2 Å². The van der Waals surface area contributed by atoms with Crippen LogP contribution in [0.15, 0.2) is 24.3 Å². The summed E-state index contributed by atoms with van der Waals surface area (Å²) in [5.41, 5.74) is 1.91. The summed E-state index contributed by atoms with van der Waals surface area (Å²) in [5, 5.41) is 8.60. The minimum Gasteiger partial charge on any atom is -0.394 e. The second kappa shape index (κ2) is 7.20. The maximum Gasteiger partial charge on any atom is 0.162 e. The smallest absolute Gasteiger partial charge is 0.162 e. The molecule has 0 heterocycles. The summed E-state index contributed by atoms with van der Waals surface area (Å²) >= 11 is 0. The Morgan fingerprint density at radius 3 is 2.59 bits per heavy atom. The molecule has 1 aromatic carbocycles. The molecule has 1 aromatic rings. The van der Waals surface area contributed by atoms with Crippen LogP contribution in [0, 0.1) is 6.92 Å². The van der Waals surface area contributed by atoms with E-state index in [1.54, 1.807) is 0 Å². The van der Waals surface area contributed by atoms with Crippen molar-refractivity contribution in [3.05, 3.63) is 35.4 Å². The lowest BCUT2D eigenvalue weighted by molar-refractivity contribution is 0.0334. The van der Waals surface area contributed by atoms with Crippen LogP contribution in [0.2, 0.25) is 0 Å². The van der Waals surface area contributed by atoms with Crippen LogP contribution in [-0.2, 0) is 4.74 Å². The molecule has 0 fully saturated rings. The molecule has 0 radical (unpaired) electrons. The Labute approximate surface area is 102 Å². The summed E-state index contributed by atoms with van der Waals surface area (Å²) in [4.78, 5) is 11.8. The number of ketones is 1. The first-order valence-corrected chi connectivity index (χ1v) is 5.96. The minimum atomic E-state index is 0.0107. The molecule has 0 spiro atoms. The van der Waals surface area contributed by atoms with Crippen molar-refractivity contribution in [2.24, 2.45) is 0 Å². The van der Waals surface area contributed by atoms with Crippen molar-refractivity contribution in [3.8, 4) is 0 Å². The third-order valence-electron chi connectivity index (χ3n) is 2.65. The molecule has 1 N–H and O–H groups in total. The number of benzene rings is 1. The van der Waals surface area contributed by atoms with Gasteiger partial charge < -0.3 is 9.84 Å². The largest absolute Gasteiger partial charge is 0.394 e. The van der Waals surface area contributed by atoms with E-state index in [-0.39, 0.29) is 18.5 Å². The van der Waals surface area contributed by atoms with E-state index in [9.17, 15) is 4.79 Å². The second-order valence-electron chi connectivity index (χ2n) is 4.23. The predicted octanol–water partition coefficient (Wildman–Crippen LogP) is 2.36. The lowest BCUT2D eigenvalue weighted by Gasteiger charge is -2.11. The Morgan fingerprint density at radius 1 is 1.35 bits per heavy atom. The Kier molecular flexibility index (Phi) is 5.87. The molecule has 0 aliphatic rings. The molecule has 0 amide bonds. The topological polar surface area (TPSA) is 46.5 Å². The number of aryl methyl sites for hydroxylation is 1. The molecule has 1 unspecified atom stereocenters. The van der Waals surface area contributed by atoms with E-state index in [0.29, 0.717) is 19.4 Å². The number of hydrogen-bond donors (Lipinski definition) is 1. The van der Waals surface area contributed by atoms with Crippen LogP contribution < -0.4 is 0 Å². The Morgan fingerprint density at radius 2 is 2.00 bits per heavy atom. The highest BCUT2D eigenvalue weighted by Crippen LogP contribution is 2.10. The van der Waals surface area contributed by atoms with Crippen LogP contribution in [0.1, 0.15) is 35.7 Å². The molecular weight excluding hydrogens is 216 g/mol. The molecule has 0 aliphatic carbocycles. The van der Waals surface area contributed by atoms with E-state index >= 15 is 0 Å². The van der Waals surface area contributed by atoms with Crippen molar-refractivity contribution >= 4 is 5.78 Å². The number of ether oxygens (including phenoxy) is 1. The summed E-state index contributed by atoms with van der Waals surface area (Å²) in [5.74, 6) is 0.143. The summed E-state index contributed by atoms with van der Waals surface area (Å²) < 4.78 is 5.29. The van der Waals surface area contributed by atoms with Gasteiger partial charge in [-0.05, 0) is 20.3 Å². The summed E-state index contributed by atoms with van der Waals surface area (Å²) in [6.07, 6.45) is 1.18. The van der Waals surface area contributed by atoms with Gasteiger partial charge in [0.15, 0.2) is 5.78 Å². The normalized spacial score (nSPS) is 12.4. The van der Waals surface area contributed by atoms with Crippen molar-refractivity contribution in [2.45, 2.75) is 32.8 Å². The number of aliphatic hydroxyl groups excluding tert-OH is 1. The van der Waals surface area contributed by atoms with E-state index in [1.165, 1.54) is 0 Å². The molecule has 0 aromatic heterocycles. The highest BCUT2D eigenvalue weighted by Gasteiger charge is 2.08. The van der Waals surface area contributed by atoms with Gasteiger partial charge in [0.05, 0.1) is 19.3 Å². The van der Waals surface area contributed by atoms with Gasteiger partial charge in [-0.3, -0.25) is 4.79 Å². The van der Waals surface area contributed by atoms with Gasteiger partial charge in [-0.25, -0.2) is 0 Å². The highest BCUT2D eigenvalue weighted by atomic mass is 16.5. The number of carbonyl (C=O) groups excluding carboxylic acids is 1. The molecule has 0 aliphatic heterocycles. The lowest BCUT2D eigenvalue weighted by atomic mass is 10.0. The average molecular weight is 236 g/mol. The van der Waals surface area contributed by atoms with Crippen LogP contribution in [0.4, 0.5) is 0 Å². The van der Waals surface area contributed by atoms with Crippen molar-refractivity contribution in [1.82, 2.24) is 0 Å². The van der Waals surface area contributed by atoms with Crippen LogP contribution in [0.3, 0.4) is 0 Å². The van der Waals surface area contributed by atoms with Crippen LogP contribution in [0.5, 0.6) is 0 Å². The number of hydrogen-bond acceptors (Lipinski definition) is 3. The molecule has 1 rings (SSSR count). The number of aliphatic hydroxyl groups is 1. The maximum absolute atomic E-state index is 11.8. The van der Waals surface area contributed by atoms with E-state index < -0.39 is 0 Å². The van der Waals surface area contributed by atoms with Gasteiger partial charge in [-0.15, -0.1) is 0 Å². The number of rotatable bonds is 7. The number of Topliss-reactive ketones (excluding diaryl/α,β-unsaturated/α-hetero) is 1. The molecule has 3 nitrogen and oxygen atoms in total. The monoisotopic (exact) mass is 236 g/mol. The van der Waals surface area contributed by atoms with Crippen molar-refractivity contribution in [3.63, 3.8) is 0 Å². The van der Waals surface area contributed by atoms with Crippen molar-refractivity contribution in [1.29, 1.82) is 0 Å². The molecule has 0 saturated carbocycles. The molecule has 94 valence electrons. The highest BCUT2D eigenvalue weighted by molar-refractivity contribution is 5.96. The first-order chi connectivity index (χ1) is 8.13. The summed E-state index contributed by atoms with van der Waals surface area (Å²) in [6, 6.07) is 7.60. The van der Waals surface area contributed by atoms with E-state index in [1.807, 2.05) is 38.1 Å². The molecule has 0 bridgehead atoms. The molecule has 17 heavy (non-hydrogen) atoms. The van der Waals surface area contributed by atoms with E-state index in [2.05, 4.69) is 0 Å². The second-order valence-corrected chi connectivity index (χ2v) is 4.23. The van der Waals surface area contributed by atoms with Crippen LogP contribution >= 0.6 is 0 Å². The molecular formula is C14H20O3. The van der Waals surface area contributed by atoms with Crippen molar-refractivity contribution < 1.29 is 14.6 Å². The van der Waals surface area contributed by atoms with Gasteiger partial charge in [0.1, 0.15) is 0 Å². The zero-order chi connectivity index (χ0) is 12.7. The lowest BCUT2D eigenvalue weighted by Crippen LogP contribution is -2.13. The SMILES string of the molecule is Cc1ccc(C(=O)CCC(C)OCCO)cc1. The molecule has 3 heteroatoms. The summed E-state index contributed by atoms with van der Waals surface area (Å²) in [7, 11) is 0. The number of carbonyl (C=O) groups is 1. The zero-order valence-electron chi connectivity index (χ0n) is 10.5. The van der Waals surface area contributed by atoms with Gasteiger partial charge in [-0.1, -0.05) is 29.8 Å². The standard InChI is InChI=1S/C14H20O3/c1-11-3-6-13(7-4-11)14(16)8-5-12(2)17-10-9-15/h3-4,6-7,12,15H,5,8-10H2,1-2H3. The van der Waals surface area contributed by atoms with E-state index in [0.717, 1.165) is 11.1 Å². The van der Waals surface area contributed by atoms with Crippen LogP contribution in [0.25, 0.3) is 0 Å². The van der Waals surface area contributed by atoms with Gasteiger partial charge >= 0.3 is 0 Å². The molecule has 0 saturated heterocycles. The van der Waals surface area contributed by atoms with Gasteiger partial charge in [-0.2, -0.15) is 0 Å². The Hall–Kier alpha value is -1.19. The van der Waals surface area contributed by atoms with E-state index in [4.69, 9.17) is 9.84 Å². The Balaban J connectivity index is 2.36. The van der Waals surface area contributed by atoms with Crippen molar-refractivity contribution in [2.75, 3.05) is 13.2 Å². The van der Waals surface area contributed by atoms with Gasteiger partial charge in [0.25, 0.3) is 0 Å². The maximum atomic E-state index is 11.8. The quantitative estimate of drug-likeness (QED) is 0.739. The summed E-state index contributed by atoms with van der Waals surface area (Å²) in [6.45, 7) is 4.27. The predicted molar refractivity (Wildman–Crippen MR) is 67.2 cm³/mol. The third-order valence-corrected chi connectivity index (χ3v) is 2.65. The molecule has 1 atom stereocenters. The Bertz CT molecular complexity index is 343. The first kappa shape index (κ1) is 13.9. The fraction of sp³-hybridized carbons (Fsp3) is 0.500.